The van der Waals surface area contributed by atoms with E-state index < -0.39 is 11.4 Å². The third kappa shape index (κ3) is 2.17. The highest BCUT2D eigenvalue weighted by Crippen LogP contribution is 2.38. The van der Waals surface area contributed by atoms with E-state index in [2.05, 4.69) is 4.90 Å². The number of aliphatic carboxylic acids is 1. The van der Waals surface area contributed by atoms with Crippen molar-refractivity contribution >= 4 is 5.97 Å². The molecule has 0 spiro atoms. The van der Waals surface area contributed by atoms with E-state index in [1.54, 1.807) is 0 Å². The first-order valence-electron chi connectivity index (χ1n) is 6.09. The van der Waals surface area contributed by atoms with Gasteiger partial charge >= 0.3 is 5.97 Å². The van der Waals surface area contributed by atoms with Gasteiger partial charge in [0.25, 0.3) is 0 Å². The Morgan fingerprint density at radius 2 is 1.80 bits per heavy atom. The van der Waals surface area contributed by atoms with Gasteiger partial charge < -0.3 is 10.0 Å². The van der Waals surface area contributed by atoms with E-state index in [-0.39, 0.29) is 0 Å². The van der Waals surface area contributed by atoms with Gasteiger partial charge in [-0.2, -0.15) is 0 Å². The lowest BCUT2D eigenvalue weighted by Crippen LogP contribution is -2.41. The average molecular weight is 211 g/mol. The minimum atomic E-state index is -0.609. The monoisotopic (exact) mass is 211 g/mol. The van der Waals surface area contributed by atoms with Crippen LogP contribution in [0.3, 0.4) is 0 Å². The average Bonchev–Trinajstić information content (AvgIpc) is 2.72. The fraction of sp³-hybridized carbons (Fsp3) is 0.917. The summed E-state index contributed by atoms with van der Waals surface area (Å²) in [6.45, 7) is 4.36. The van der Waals surface area contributed by atoms with Gasteiger partial charge in [0.2, 0.25) is 0 Å². The summed E-state index contributed by atoms with van der Waals surface area (Å²) in [7, 11) is 0. The molecule has 0 aromatic heterocycles. The van der Waals surface area contributed by atoms with Gasteiger partial charge in [-0.05, 0) is 58.5 Å². The number of nitrogens with zero attached hydrogens (tertiary/aromatic N) is 1. The number of carboxylic acid groups (broad SMARTS) is 1. The summed E-state index contributed by atoms with van der Waals surface area (Å²) in [5.74, 6) is -0.609. The Balaban J connectivity index is 1.88. The van der Waals surface area contributed by atoms with Crippen molar-refractivity contribution in [3.8, 4) is 0 Å². The molecule has 0 aromatic carbocycles. The number of rotatable bonds is 2. The largest absolute Gasteiger partial charge is 0.481 e. The lowest BCUT2D eigenvalue weighted by atomic mass is 9.74. The van der Waals surface area contributed by atoms with Crippen LogP contribution in [0.15, 0.2) is 0 Å². The summed E-state index contributed by atoms with van der Waals surface area (Å²) < 4.78 is 0. The standard InChI is InChI=1S/C12H21NO2/c1-12(11(14)15)6-4-10(5-7-12)13-8-2-3-9-13/h10H,2-9H2,1H3,(H,14,15). The predicted octanol–water partition coefficient (Wildman–Crippen LogP) is 2.12. The lowest BCUT2D eigenvalue weighted by molar-refractivity contribution is -0.150. The van der Waals surface area contributed by atoms with Crippen LogP contribution in [0.4, 0.5) is 0 Å². The summed E-state index contributed by atoms with van der Waals surface area (Å²) in [6, 6.07) is 0.667. The number of hydrogen-bond acceptors (Lipinski definition) is 2. The quantitative estimate of drug-likeness (QED) is 0.760. The predicted molar refractivity (Wildman–Crippen MR) is 58.8 cm³/mol. The molecule has 0 bridgehead atoms. The molecule has 0 atom stereocenters. The minimum Gasteiger partial charge on any atom is -0.481 e. The first-order valence-corrected chi connectivity index (χ1v) is 6.09. The van der Waals surface area contributed by atoms with Gasteiger partial charge in [0, 0.05) is 6.04 Å². The Kier molecular flexibility index (Phi) is 3.01. The van der Waals surface area contributed by atoms with Crippen LogP contribution in [0.5, 0.6) is 0 Å². The molecule has 2 fully saturated rings. The molecule has 0 unspecified atom stereocenters. The van der Waals surface area contributed by atoms with Crippen molar-refractivity contribution in [1.82, 2.24) is 4.90 Å². The molecule has 0 aromatic rings. The van der Waals surface area contributed by atoms with E-state index in [4.69, 9.17) is 5.11 Å². The summed E-state index contributed by atoms with van der Waals surface area (Å²) in [5, 5.41) is 9.14. The summed E-state index contributed by atoms with van der Waals surface area (Å²) >= 11 is 0. The topological polar surface area (TPSA) is 40.5 Å². The van der Waals surface area contributed by atoms with Crippen molar-refractivity contribution in [1.29, 1.82) is 0 Å². The van der Waals surface area contributed by atoms with Crippen molar-refractivity contribution in [3.05, 3.63) is 0 Å². The molecule has 3 heteroatoms. The second kappa shape index (κ2) is 4.12. The summed E-state index contributed by atoms with van der Waals surface area (Å²) in [6.07, 6.45) is 6.50. The molecule has 86 valence electrons. The fourth-order valence-corrected chi connectivity index (χ4v) is 2.93. The number of likely N-dealkylation sites (tertiary alicyclic amines) is 1. The molecular weight excluding hydrogens is 190 g/mol. The van der Waals surface area contributed by atoms with Crippen molar-refractivity contribution in [2.24, 2.45) is 5.41 Å². The van der Waals surface area contributed by atoms with E-state index in [0.29, 0.717) is 6.04 Å². The Labute approximate surface area is 91.5 Å². The van der Waals surface area contributed by atoms with Crippen LogP contribution in [0.1, 0.15) is 45.4 Å². The molecule has 0 radical (unpaired) electrons. The van der Waals surface area contributed by atoms with Crippen molar-refractivity contribution in [3.63, 3.8) is 0 Å². The minimum absolute atomic E-state index is 0.448. The molecule has 1 heterocycles. The number of hydrogen-bond donors (Lipinski definition) is 1. The second-order valence-electron chi connectivity index (χ2n) is 5.34. The van der Waals surface area contributed by atoms with E-state index >= 15 is 0 Å². The second-order valence-corrected chi connectivity index (χ2v) is 5.34. The van der Waals surface area contributed by atoms with Crippen LogP contribution in [0.2, 0.25) is 0 Å². The first-order chi connectivity index (χ1) is 7.12. The van der Waals surface area contributed by atoms with Crippen LogP contribution < -0.4 is 0 Å². The molecule has 1 aliphatic heterocycles. The van der Waals surface area contributed by atoms with Gasteiger partial charge in [0.05, 0.1) is 5.41 Å². The molecule has 1 saturated heterocycles. The highest BCUT2D eigenvalue weighted by atomic mass is 16.4. The molecule has 0 amide bonds. The zero-order valence-corrected chi connectivity index (χ0v) is 9.54. The van der Waals surface area contributed by atoms with Crippen LogP contribution in [0.25, 0.3) is 0 Å². The first kappa shape index (κ1) is 10.9. The SMILES string of the molecule is CC1(C(=O)O)CCC(N2CCCC2)CC1. The molecule has 1 N–H and O–H groups in total. The van der Waals surface area contributed by atoms with E-state index in [0.717, 1.165) is 25.7 Å². The third-order valence-corrected chi connectivity index (χ3v) is 4.23. The third-order valence-electron chi connectivity index (χ3n) is 4.23. The Bertz CT molecular complexity index is 238. The van der Waals surface area contributed by atoms with Gasteiger partial charge in [-0.25, -0.2) is 0 Å². The van der Waals surface area contributed by atoms with Crippen molar-refractivity contribution in [2.75, 3.05) is 13.1 Å². The number of carbonyl (C=O) groups is 1. The molecular formula is C12H21NO2. The zero-order valence-electron chi connectivity index (χ0n) is 9.54. The Morgan fingerprint density at radius 3 is 2.27 bits per heavy atom. The van der Waals surface area contributed by atoms with E-state index in [1.807, 2.05) is 6.92 Å². The molecule has 1 saturated carbocycles. The van der Waals surface area contributed by atoms with Crippen LogP contribution >= 0.6 is 0 Å². The maximum absolute atomic E-state index is 11.1. The molecule has 2 rings (SSSR count). The smallest absolute Gasteiger partial charge is 0.309 e. The zero-order chi connectivity index (χ0) is 10.9. The number of carboxylic acids is 1. The highest BCUT2D eigenvalue weighted by molar-refractivity contribution is 5.74. The van der Waals surface area contributed by atoms with Gasteiger partial charge in [-0.3, -0.25) is 4.79 Å². The maximum Gasteiger partial charge on any atom is 0.309 e. The van der Waals surface area contributed by atoms with Crippen LogP contribution in [-0.2, 0) is 4.79 Å². The fourth-order valence-electron chi connectivity index (χ4n) is 2.93. The van der Waals surface area contributed by atoms with Crippen LogP contribution in [-0.4, -0.2) is 35.1 Å². The van der Waals surface area contributed by atoms with Gasteiger partial charge in [-0.1, -0.05) is 0 Å². The van der Waals surface area contributed by atoms with E-state index in [9.17, 15) is 4.79 Å². The maximum atomic E-state index is 11.1. The molecule has 1 aliphatic carbocycles. The van der Waals surface area contributed by atoms with Crippen molar-refractivity contribution < 1.29 is 9.90 Å². The highest BCUT2D eigenvalue weighted by Gasteiger charge is 2.39. The lowest BCUT2D eigenvalue weighted by Gasteiger charge is -2.38. The normalized spacial score (nSPS) is 38.1. The van der Waals surface area contributed by atoms with Gasteiger partial charge in [0.1, 0.15) is 0 Å². The Hall–Kier alpha value is -0.570. The van der Waals surface area contributed by atoms with Crippen LogP contribution in [0, 0.1) is 5.41 Å². The Morgan fingerprint density at radius 1 is 1.27 bits per heavy atom. The molecule has 15 heavy (non-hydrogen) atoms. The van der Waals surface area contributed by atoms with Gasteiger partial charge in [0.15, 0.2) is 0 Å². The molecule has 2 aliphatic rings. The summed E-state index contributed by atoms with van der Waals surface area (Å²) in [4.78, 5) is 13.6. The summed E-state index contributed by atoms with van der Waals surface area (Å²) in [5.41, 5.74) is -0.448. The van der Waals surface area contributed by atoms with Crippen molar-refractivity contribution in [2.45, 2.75) is 51.5 Å². The molecule has 3 nitrogen and oxygen atoms in total. The van der Waals surface area contributed by atoms with E-state index in [1.165, 1.54) is 25.9 Å². The van der Waals surface area contributed by atoms with Gasteiger partial charge in [-0.15, -0.1) is 0 Å².